The average molecular weight is 286 g/mol. The molecule has 16 heavy (non-hydrogen) atoms. The van der Waals surface area contributed by atoms with E-state index in [1.54, 1.807) is 6.08 Å². The number of carboxylic acids is 1. The van der Waals surface area contributed by atoms with Crippen molar-refractivity contribution in [2.45, 2.75) is 13.0 Å². The molecule has 5 heteroatoms. The average Bonchev–Trinajstić information content (AvgIpc) is 2.25. The van der Waals surface area contributed by atoms with Crippen molar-refractivity contribution in [1.29, 1.82) is 0 Å². The number of halogens is 1. The van der Waals surface area contributed by atoms with Crippen LogP contribution in [0.15, 0.2) is 27.7 Å². The SMILES string of the molecule is CC1C=C(Br)C=CC(C2(C(=O)O)COC2)=N1. The van der Waals surface area contributed by atoms with Crippen molar-refractivity contribution in [3.05, 3.63) is 22.7 Å². The minimum Gasteiger partial charge on any atom is -0.480 e. The molecule has 2 heterocycles. The van der Waals surface area contributed by atoms with Gasteiger partial charge in [0.2, 0.25) is 0 Å². The standard InChI is InChI=1S/C11H12BrNO3/c1-7-4-8(12)2-3-9(13-7)11(10(14)15)5-16-6-11/h2-4,7H,5-6H2,1H3,(H,14,15). The predicted octanol–water partition coefficient (Wildman–Crippen LogP) is 1.77. The summed E-state index contributed by atoms with van der Waals surface area (Å²) in [5.74, 6) is -0.868. The summed E-state index contributed by atoms with van der Waals surface area (Å²) in [6.07, 6.45) is 5.50. The van der Waals surface area contributed by atoms with Gasteiger partial charge in [-0.3, -0.25) is 9.79 Å². The van der Waals surface area contributed by atoms with Gasteiger partial charge in [0.1, 0.15) is 0 Å². The second kappa shape index (κ2) is 4.14. The highest BCUT2D eigenvalue weighted by Gasteiger charge is 2.50. The summed E-state index contributed by atoms with van der Waals surface area (Å²) in [5.41, 5.74) is -0.361. The lowest BCUT2D eigenvalue weighted by Gasteiger charge is -2.37. The molecule has 1 saturated heterocycles. The second-order valence-electron chi connectivity index (χ2n) is 4.02. The molecule has 0 aromatic heterocycles. The lowest BCUT2D eigenvalue weighted by atomic mass is 9.80. The summed E-state index contributed by atoms with van der Waals surface area (Å²) in [6, 6.07) is -0.0313. The largest absolute Gasteiger partial charge is 0.480 e. The van der Waals surface area contributed by atoms with Gasteiger partial charge in [0.05, 0.1) is 25.0 Å². The Morgan fingerprint density at radius 2 is 2.31 bits per heavy atom. The molecule has 86 valence electrons. The van der Waals surface area contributed by atoms with Crippen molar-refractivity contribution in [2.24, 2.45) is 10.4 Å². The Balaban J connectivity index is 2.34. The van der Waals surface area contributed by atoms with E-state index in [1.807, 2.05) is 19.1 Å². The van der Waals surface area contributed by atoms with E-state index >= 15 is 0 Å². The Morgan fingerprint density at radius 3 is 2.81 bits per heavy atom. The van der Waals surface area contributed by atoms with E-state index in [0.717, 1.165) is 4.48 Å². The quantitative estimate of drug-likeness (QED) is 0.841. The van der Waals surface area contributed by atoms with Crippen LogP contribution in [0.3, 0.4) is 0 Å². The smallest absolute Gasteiger partial charge is 0.320 e. The molecule has 0 spiro atoms. The molecule has 0 aromatic carbocycles. The Hall–Kier alpha value is -0.940. The van der Waals surface area contributed by atoms with Crippen LogP contribution >= 0.6 is 15.9 Å². The van der Waals surface area contributed by atoms with E-state index in [2.05, 4.69) is 20.9 Å². The minimum atomic E-state index is -0.948. The highest BCUT2D eigenvalue weighted by molar-refractivity contribution is 9.11. The molecule has 1 atom stereocenters. The number of hydrogen-bond acceptors (Lipinski definition) is 3. The van der Waals surface area contributed by atoms with Gasteiger partial charge in [-0.2, -0.15) is 0 Å². The van der Waals surface area contributed by atoms with Gasteiger partial charge in [-0.05, 0) is 25.2 Å². The number of rotatable bonds is 2. The molecule has 0 aliphatic carbocycles. The fourth-order valence-electron chi connectivity index (χ4n) is 1.71. The van der Waals surface area contributed by atoms with E-state index in [4.69, 9.17) is 4.74 Å². The summed E-state index contributed by atoms with van der Waals surface area (Å²) in [5, 5.41) is 9.26. The normalized spacial score (nSPS) is 27.5. The van der Waals surface area contributed by atoms with E-state index in [-0.39, 0.29) is 19.3 Å². The van der Waals surface area contributed by atoms with Crippen molar-refractivity contribution in [3.63, 3.8) is 0 Å². The van der Waals surface area contributed by atoms with E-state index in [1.165, 1.54) is 0 Å². The Bertz CT molecular complexity index is 407. The third-order valence-electron chi connectivity index (χ3n) is 2.74. The zero-order chi connectivity index (χ0) is 11.8. The number of ether oxygens (including phenoxy) is 1. The zero-order valence-electron chi connectivity index (χ0n) is 8.81. The topological polar surface area (TPSA) is 58.9 Å². The molecule has 0 bridgehead atoms. The van der Waals surface area contributed by atoms with Gasteiger partial charge < -0.3 is 9.84 Å². The van der Waals surface area contributed by atoms with Crippen molar-refractivity contribution in [3.8, 4) is 0 Å². The van der Waals surface area contributed by atoms with Crippen molar-refractivity contribution < 1.29 is 14.6 Å². The van der Waals surface area contributed by atoms with Crippen LogP contribution in [-0.4, -0.2) is 36.0 Å². The first kappa shape index (κ1) is 11.5. The molecule has 2 rings (SSSR count). The number of nitrogens with zero attached hydrogens (tertiary/aromatic N) is 1. The van der Waals surface area contributed by atoms with Gasteiger partial charge >= 0.3 is 5.97 Å². The molecule has 0 aromatic rings. The van der Waals surface area contributed by atoms with Crippen LogP contribution in [0.4, 0.5) is 0 Å². The number of carbonyl (C=O) groups is 1. The van der Waals surface area contributed by atoms with Gasteiger partial charge in [0, 0.05) is 4.48 Å². The molecule has 1 fully saturated rings. The maximum Gasteiger partial charge on any atom is 0.320 e. The summed E-state index contributed by atoms with van der Waals surface area (Å²) in [7, 11) is 0. The first-order chi connectivity index (χ1) is 7.54. The molecule has 0 saturated carbocycles. The summed E-state index contributed by atoms with van der Waals surface area (Å²) < 4.78 is 5.95. The Kier molecular flexibility index (Phi) is 2.99. The maximum atomic E-state index is 11.3. The second-order valence-corrected chi connectivity index (χ2v) is 4.94. The molecule has 1 unspecified atom stereocenters. The molecule has 2 aliphatic rings. The van der Waals surface area contributed by atoms with Crippen molar-refractivity contribution >= 4 is 27.6 Å². The molecule has 2 aliphatic heterocycles. The molecule has 1 N–H and O–H groups in total. The fourth-order valence-corrected chi connectivity index (χ4v) is 2.23. The molecule has 0 amide bonds. The Morgan fingerprint density at radius 1 is 1.62 bits per heavy atom. The number of carboxylic acid groups (broad SMARTS) is 1. The number of aliphatic carboxylic acids is 1. The van der Waals surface area contributed by atoms with Gasteiger partial charge in [-0.25, -0.2) is 0 Å². The lowest BCUT2D eigenvalue weighted by Crippen LogP contribution is -2.54. The van der Waals surface area contributed by atoms with Gasteiger partial charge in [-0.15, -0.1) is 0 Å². The predicted molar refractivity (Wildman–Crippen MR) is 63.9 cm³/mol. The van der Waals surface area contributed by atoms with Crippen LogP contribution < -0.4 is 0 Å². The van der Waals surface area contributed by atoms with Crippen LogP contribution in [0.2, 0.25) is 0 Å². The first-order valence-corrected chi connectivity index (χ1v) is 5.79. The van der Waals surface area contributed by atoms with Gasteiger partial charge in [0.25, 0.3) is 0 Å². The number of aliphatic imine (C=N–C) groups is 1. The van der Waals surface area contributed by atoms with Crippen molar-refractivity contribution in [1.82, 2.24) is 0 Å². The molecule has 4 nitrogen and oxygen atoms in total. The van der Waals surface area contributed by atoms with E-state index in [0.29, 0.717) is 5.71 Å². The third-order valence-corrected chi connectivity index (χ3v) is 3.27. The van der Waals surface area contributed by atoms with Crippen LogP contribution in [0, 0.1) is 5.41 Å². The van der Waals surface area contributed by atoms with Crippen LogP contribution in [0.1, 0.15) is 6.92 Å². The summed E-state index contributed by atoms with van der Waals surface area (Å²) >= 11 is 3.37. The first-order valence-electron chi connectivity index (χ1n) is 4.99. The van der Waals surface area contributed by atoms with Gasteiger partial charge in [0.15, 0.2) is 5.41 Å². The third kappa shape index (κ3) is 1.85. The van der Waals surface area contributed by atoms with E-state index in [9.17, 15) is 9.90 Å². The van der Waals surface area contributed by atoms with Gasteiger partial charge in [-0.1, -0.05) is 15.9 Å². The minimum absolute atomic E-state index is 0.0313. The van der Waals surface area contributed by atoms with E-state index < -0.39 is 11.4 Å². The lowest BCUT2D eigenvalue weighted by molar-refractivity contribution is -0.165. The number of allylic oxidation sites excluding steroid dienone is 3. The monoisotopic (exact) mass is 285 g/mol. The van der Waals surface area contributed by atoms with Crippen LogP contribution in [-0.2, 0) is 9.53 Å². The van der Waals surface area contributed by atoms with Crippen LogP contribution in [0.5, 0.6) is 0 Å². The molecular weight excluding hydrogens is 274 g/mol. The summed E-state index contributed by atoms with van der Waals surface area (Å²) in [4.78, 5) is 15.7. The number of hydrogen-bond donors (Lipinski definition) is 1. The molecule has 0 radical (unpaired) electrons. The highest BCUT2D eigenvalue weighted by Crippen LogP contribution is 2.32. The highest BCUT2D eigenvalue weighted by atomic mass is 79.9. The zero-order valence-corrected chi connectivity index (χ0v) is 10.4. The van der Waals surface area contributed by atoms with Crippen LogP contribution in [0.25, 0.3) is 0 Å². The molecular formula is C11H12BrNO3. The fraction of sp³-hybridized carbons (Fsp3) is 0.455. The summed E-state index contributed by atoms with van der Waals surface area (Å²) in [6.45, 7) is 2.33. The maximum absolute atomic E-state index is 11.3. The Labute approximate surface area is 102 Å². The van der Waals surface area contributed by atoms with Crippen molar-refractivity contribution in [2.75, 3.05) is 13.2 Å².